The van der Waals surface area contributed by atoms with Gasteiger partial charge in [-0.3, -0.25) is 0 Å². The zero-order chi connectivity index (χ0) is 11.6. The van der Waals surface area contributed by atoms with Crippen molar-refractivity contribution >= 4 is 28.2 Å². The molecule has 4 nitrogen and oxygen atoms in total. The zero-order valence-electron chi connectivity index (χ0n) is 8.12. The van der Waals surface area contributed by atoms with Gasteiger partial charge in [0.25, 0.3) is 0 Å². The molecule has 14 heavy (non-hydrogen) atoms. The lowest BCUT2D eigenvalue weighted by Crippen LogP contribution is -1.96. The molecule has 1 N–H and O–H groups in total. The highest BCUT2D eigenvalue weighted by molar-refractivity contribution is 9.06. The first-order valence-electron chi connectivity index (χ1n) is 3.84. The van der Waals surface area contributed by atoms with E-state index in [0.29, 0.717) is 5.57 Å². The van der Waals surface area contributed by atoms with Crippen LogP contribution in [0.4, 0.5) is 0 Å². The number of hydrogen-bond acceptors (Lipinski definition) is 3. The summed E-state index contributed by atoms with van der Waals surface area (Å²) in [7, 11) is 0. The highest BCUT2D eigenvalue weighted by Gasteiger charge is 2.00. The maximum atomic E-state index is 10.6. The summed E-state index contributed by atoms with van der Waals surface area (Å²) in [5.74, 6) is -1.30. The van der Waals surface area contributed by atoms with Crippen LogP contribution in [0, 0.1) is 0 Å². The Morgan fingerprint density at radius 1 is 1.57 bits per heavy atom. The molecule has 0 bridgehead atoms. The van der Waals surface area contributed by atoms with Crippen LogP contribution in [-0.4, -0.2) is 17.0 Å². The first kappa shape index (κ1) is 15.4. The van der Waals surface area contributed by atoms with Crippen LogP contribution in [0.5, 0.6) is 0 Å². The molecule has 0 aliphatic rings. The van der Waals surface area contributed by atoms with Gasteiger partial charge in [0, 0.05) is 11.6 Å². The Morgan fingerprint density at radius 2 is 2.00 bits per heavy atom. The van der Waals surface area contributed by atoms with Crippen molar-refractivity contribution in [2.24, 2.45) is 0 Å². The van der Waals surface area contributed by atoms with E-state index in [1.54, 1.807) is 6.92 Å². The first-order valence-corrected chi connectivity index (χ1v) is 4.49. The number of carboxylic acids is 1. The molecule has 0 atom stereocenters. The molecule has 5 heteroatoms. The molecule has 0 amide bonds. The van der Waals surface area contributed by atoms with Gasteiger partial charge in [0.15, 0.2) is 16.3 Å². The summed E-state index contributed by atoms with van der Waals surface area (Å²) in [6, 6.07) is 0. The number of hydrogen-bond donors (Lipinski definition) is 1. The normalized spacial score (nSPS) is 9.50. The van der Waals surface area contributed by atoms with Gasteiger partial charge in [-0.05, 0) is 13.3 Å². The second kappa shape index (κ2) is 9.98. The predicted molar refractivity (Wildman–Crippen MR) is 56.9 cm³/mol. The van der Waals surface area contributed by atoms with Crippen LogP contribution in [0.2, 0.25) is 0 Å². The molecule has 0 saturated heterocycles. The molecule has 0 aliphatic heterocycles. The number of rotatable bonds is 3. The fraction of sp³-hybridized carbons (Fsp3) is 0.333. The summed E-state index contributed by atoms with van der Waals surface area (Å²) < 4.78 is 4.27. The van der Waals surface area contributed by atoms with Gasteiger partial charge >= 0.3 is 11.9 Å². The molecule has 0 fully saturated rings. The summed E-state index contributed by atoms with van der Waals surface area (Å²) in [4.78, 5) is 19.8. The van der Waals surface area contributed by atoms with Crippen molar-refractivity contribution in [3.05, 3.63) is 24.3 Å². The SMILES string of the molecule is C=CC(=O)O.CCC=C(C)C(=O)OBr. The number of carbonyl (C=O) groups excluding carboxylic acids is 1. The van der Waals surface area contributed by atoms with Crippen LogP contribution in [0.1, 0.15) is 20.3 Å². The fourth-order valence-electron chi connectivity index (χ4n) is 0.450. The lowest BCUT2D eigenvalue weighted by molar-refractivity contribution is -0.131. The maximum absolute atomic E-state index is 10.6. The predicted octanol–water partition coefficient (Wildman–Crippen LogP) is 2.45. The van der Waals surface area contributed by atoms with Crippen molar-refractivity contribution in [1.82, 2.24) is 0 Å². The number of carboxylic acid groups (broad SMARTS) is 1. The molecule has 0 aromatic heterocycles. The molecule has 0 aliphatic carbocycles. The number of aliphatic carboxylic acids is 1. The Balaban J connectivity index is 0. The Bertz CT molecular complexity index is 233. The number of allylic oxidation sites excluding steroid dienone is 1. The third-order valence-electron chi connectivity index (χ3n) is 1.08. The van der Waals surface area contributed by atoms with Crippen LogP contribution >= 0.6 is 16.3 Å². The molecule has 0 spiro atoms. The molecule has 0 rings (SSSR count). The standard InChI is InChI=1S/C6H9BrO2.C3H4O2/c1-3-4-5(2)6(8)9-7;1-2-3(4)5/h4H,3H2,1-2H3;2H,1H2,(H,4,5). The van der Waals surface area contributed by atoms with Crippen molar-refractivity contribution in [3.63, 3.8) is 0 Å². The minimum absolute atomic E-state index is 0.322. The average Bonchev–Trinajstić information content (AvgIpc) is 2.17. The Labute approximate surface area is 91.7 Å². The van der Waals surface area contributed by atoms with E-state index in [1.165, 1.54) is 0 Å². The van der Waals surface area contributed by atoms with Gasteiger partial charge in [-0.2, -0.15) is 0 Å². The highest BCUT2D eigenvalue weighted by Crippen LogP contribution is 2.00. The zero-order valence-corrected chi connectivity index (χ0v) is 9.70. The molecular formula is C9H13BrO4. The summed E-state index contributed by atoms with van der Waals surface area (Å²) in [6.45, 7) is 6.64. The number of carbonyl (C=O) groups is 2. The molecule has 0 saturated carbocycles. The van der Waals surface area contributed by atoms with Crippen LogP contribution in [0.3, 0.4) is 0 Å². The van der Waals surface area contributed by atoms with Gasteiger partial charge in [-0.1, -0.05) is 19.6 Å². The minimum atomic E-state index is -0.981. The lowest BCUT2D eigenvalue weighted by Gasteiger charge is -1.92. The van der Waals surface area contributed by atoms with Crippen molar-refractivity contribution in [2.75, 3.05) is 0 Å². The van der Waals surface area contributed by atoms with Crippen LogP contribution in [-0.2, 0) is 13.4 Å². The molecule has 0 aromatic carbocycles. The van der Waals surface area contributed by atoms with Gasteiger partial charge in [-0.15, -0.1) is 0 Å². The molecule has 0 aromatic rings. The quantitative estimate of drug-likeness (QED) is 0.796. The molecule has 0 unspecified atom stereocenters. The van der Waals surface area contributed by atoms with Crippen LogP contribution in [0.15, 0.2) is 24.3 Å². The van der Waals surface area contributed by atoms with E-state index in [-0.39, 0.29) is 5.97 Å². The second-order valence-electron chi connectivity index (χ2n) is 2.20. The molecular weight excluding hydrogens is 252 g/mol. The minimum Gasteiger partial charge on any atom is -0.478 e. The van der Waals surface area contributed by atoms with Crippen LogP contribution < -0.4 is 0 Å². The lowest BCUT2D eigenvalue weighted by atomic mass is 10.2. The van der Waals surface area contributed by atoms with Crippen molar-refractivity contribution in [3.8, 4) is 0 Å². The average molecular weight is 265 g/mol. The van der Waals surface area contributed by atoms with E-state index in [2.05, 4.69) is 26.7 Å². The summed E-state index contributed by atoms with van der Waals surface area (Å²) in [5.41, 5.74) is 0.634. The van der Waals surface area contributed by atoms with Crippen molar-refractivity contribution in [1.29, 1.82) is 0 Å². The van der Waals surface area contributed by atoms with E-state index in [0.717, 1.165) is 12.5 Å². The fourth-order valence-corrected chi connectivity index (χ4v) is 0.706. The van der Waals surface area contributed by atoms with Crippen molar-refractivity contribution in [2.45, 2.75) is 20.3 Å². The third kappa shape index (κ3) is 10.9. The summed E-state index contributed by atoms with van der Waals surface area (Å²) >= 11 is 2.59. The second-order valence-corrected chi connectivity index (χ2v) is 2.53. The van der Waals surface area contributed by atoms with E-state index in [1.807, 2.05) is 13.0 Å². The van der Waals surface area contributed by atoms with E-state index in [4.69, 9.17) is 5.11 Å². The van der Waals surface area contributed by atoms with Crippen LogP contribution in [0.25, 0.3) is 0 Å². The Kier molecular flexibility index (Phi) is 11.0. The maximum Gasteiger partial charge on any atom is 0.344 e. The van der Waals surface area contributed by atoms with Gasteiger partial charge in [-0.25, -0.2) is 9.59 Å². The monoisotopic (exact) mass is 264 g/mol. The van der Waals surface area contributed by atoms with Gasteiger partial charge < -0.3 is 8.93 Å². The smallest absolute Gasteiger partial charge is 0.344 e. The van der Waals surface area contributed by atoms with Gasteiger partial charge in [0.05, 0.1) is 0 Å². The van der Waals surface area contributed by atoms with Gasteiger partial charge in [0.2, 0.25) is 0 Å². The first-order chi connectivity index (χ1) is 6.49. The van der Waals surface area contributed by atoms with E-state index in [9.17, 15) is 9.59 Å². The summed E-state index contributed by atoms with van der Waals surface area (Å²) in [5, 5.41) is 7.60. The Hall–Kier alpha value is -1.10. The summed E-state index contributed by atoms with van der Waals surface area (Å²) in [6.07, 6.45) is 3.50. The molecule has 80 valence electrons. The van der Waals surface area contributed by atoms with E-state index >= 15 is 0 Å². The third-order valence-corrected chi connectivity index (χ3v) is 1.37. The topological polar surface area (TPSA) is 63.6 Å². The molecule has 0 radical (unpaired) electrons. The number of halogens is 1. The van der Waals surface area contributed by atoms with Crippen molar-refractivity contribution < 1.29 is 18.5 Å². The van der Waals surface area contributed by atoms with Gasteiger partial charge in [0.1, 0.15) is 0 Å². The largest absolute Gasteiger partial charge is 0.478 e. The van der Waals surface area contributed by atoms with E-state index < -0.39 is 5.97 Å². The highest BCUT2D eigenvalue weighted by atomic mass is 79.9. The molecule has 0 heterocycles. The Morgan fingerprint density at radius 3 is 2.21 bits per heavy atom.